The molecule has 13 rings (SSSR count). The average molecular weight is 761 g/mol. The second-order valence-corrected chi connectivity index (χ2v) is 16.1. The van der Waals surface area contributed by atoms with Gasteiger partial charge < -0.3 is 9.47 Å². The molecule has 278 valence electrons. The molecule has 0 fully saturated rings. The van der Waals surface area contributed by atoms with Crippen molar-refractivity contribution >= 4 is 104 Å². The Hall–Kier alpha value is -7.94. The van der Waals surface area contributed by atoms with Crippen molar-refractivity contribution in [3.63, 3.8) is 0 Å². The first-order valence-corrected chi connectivity index (χ1v) is 20.8. The van der Waals surface area contributed by atoms with E-state index in [4.69, 9.17) is 0 Å². The lowest BCUT2D eigenvalue weighted by atomic mass is 9.87. The van der Waals surface area contributed by atoms with Crippen molar-refractivity contribution in [1.29, 1.82) is 0 Å². The highest BCUT2D eigenvalue weighted by Crippen LogP contribution is 2.46. The Morgan fingerprint density at radius 3 is 1.48 bits per heavy atom. The van der Waals surface area contributed by atoms with E-state index < -0.39 is 0 Å². The van der Waals surface area contributed by atoms with Gasteiger partial charge in [0.05, 0.1) is 11.0 Å². The molecule has 0 aliphatic carbocycles. The van der Waals surface area contributed by atoms with Crippen molar-refractivity contribution < 1.29 is 0 Å². The van der Waals surface area contributed by atoms with E-state index in [0.29, 0.717) is 0 Å². The topological polar surface area (TPSA) is 8.17 Å². The predicted octanol–water partition coefficient (Wildman–Crippen LogP) is 16.3. The third-order valence-electron chi connectivity index (χ3n) is 12.8. The summed E-state index contributed by atoms with van der Waals surface area (Å²) in [5.41, 5.74) is 9.28. The third-order valence-corrected chi connectivity index (χ3v) is 12.8. The van der Waals surface area contributed by atoms with E-state index in [9.17, 15) is 0 Å². The summed E-state index contributed by atoms with van der Waals surface area (Å²) in [6.45, 7) is 0. The maximum Gasteiger partial charge on any atom is 0.0541 e. The molecule has 0 saturated heterocycles. The molecular formula is C58H36N2. The minimum absolute atomic E-state index is 1.11. The molecule has 0 aliphatic rings. The van der Waals surface area contributed by atoms with Crippen molar-refractivity contribution in [2.45, 2.75) is 0 Å². The number of hydrogen-bond donors (Lipinski definition) is 0. The molecule has 12 aromatic carbocycles. The highest BCUT2D eigenvalue weighted by molar-refractivity contribution is 6.37. The minimum atomic E-state index is 1.11. The fraction of sp³-hybridized carbons (Fsp3) is 0. The summed E-state index contributed by atoms with van der Waals surface area (Å²) in [6.07, 6.45) is 0. The van der Waals surface area contributed by atoms with Crippen LogP contribution in [0.3, 0.4) is 0 Å². The number of para-hydroxylation sites is 3. The van der Waals surface area contributed by atoms with Crippen LogP contribution in [0.25, 0.3) is 103 Å². The van der Waals surface area contributed by atoms with Gasteiger partial charge in [0, 0.05) is 33.5 Å². The lowest BCUT2D eigenvalue weighted by Gasteiger charge is -2.27. The van der Waals surface area contributed by atoms with Gasteiger partial charge in [-0.1, -0.05) is 152 Å². The zero-order valence-corrected chi connectivity index (χ0v) is 32.7. The largest absolute Gasteiger partial charge is 0.310 e. The first-order chi connectivity index (χ1) is 29.8. The first-order valence-electron chi connectivity index (χ1n) is 20.8. The summed E-state index contributed by atoms with van der Waals surface area (Å²) in [5, 5.41) is 17.9. The van der Waals surface area contributed by atoms with E-state index in [0.717, 1.165) is 17.1 Å². The molecule has 0 bridgehead atoms. The number of nitrogens with zero attached hydrogens (tertiary/aromatic N) is 2. The molecule has 0 atom stereocenters. The molecule has 0 N–H and O–H groups in total. The molecular weight excluding hydrogens is 725 g/mol. The van der Waals surface area contributed by atoms with Gasteiger partial charge in [-0.05, 0) is 142 Å². The maximum atomic E-state index is 2.45. The zero-order chi connectivity index (χ0) is 39.3. The lowest BCUT2D eigenvalue weighted by Crippen LogP contribution is -2.10. The van der Waals surface area contributed by atoms with E-state index in [-0.39, 0.29) is 0 Å². The summed E-state index contributed by atoms with van der Waals surface area (Å²) in [5.74, 6) is 0. The van der Waals surface area contributed by atoms with Gasteiger partial charge in [0.2, 0.25) is 0 Å². The molecule has 0 aliphatic heterocycles. The van der Waals surface area contributed by atoms with Crippen LogP contribution in [0.1, 0.15) is 0 Å². The van der Waals surface area contributed by atoms with Gasteiger partial charge >= 0.3 is 0 Å². The number of benzene rings is 11. The Morgan fingerprint density at radius 1 is 0.267 bits per heavy atom. The van der Waals surface area contributed by atoms with Gasteiger partial charge in [0.25, 0.3) is 0 Å². The lowest BCUT2D eigenvalue weighted by molar-refractivity contribution is 1.18. The van der Waals surface area contributed by atoms with Crippen LogP contribution < -0.4 is 4.90 Å². The van der Waals surface area contributed by atoms with E-state index in [1.807, 2.05) is 0 Å². The molecule has 0 spiro atoms. The van der Waals surface area contributed by atoms with E-state index in [2.05, 4.69) is 228 Å². The van der Waals surface area contributed by atoms with Crippen LogP contribution >= 0.6 is 0 Å². The Bertz CT molecular complexity index is 3820. The molecule has 0 amide bonds. The third kappa shape index (κ3) is 4.82. The summed E-state index contributed by atoms with van der Waals surface area (Å²) in [6, 6.07) is 80.7. The van der Waals surface area contributed by atoms with Crippen LogP contribution in [0.2, 0.25) is 0 Å². The molecule has 2 nitrogen and oxygen atoms in total. The average Bonchev–Trinajstić information content (AvgIpc) is 3.64. The number of aromatic nitrogens is 1. The Morgan fingerprint density at radius 2 is 0.783 bits per heavy atom. The second kappa shape index (κ2) is 12.8. The summed E-state index contributed by atoms with van der Waals surface area (Å²) >= 11 is 0. The van der Waals surface area contributed by atoms with E-state index in [1.54, 1.807) is 0 Å². The molecule has 60 heavy (non-hydrogen) atoms. The summed E-state index contributed by atoms with van der Waals surface area (Å²) < 4.78 is 2.38. The molecule has 2 heteroatoms. The van der Waals surface area contributed by atoms with Crippen LogP contribution in [0.4, 0.5) is 17.1 Å². The minimum Gasteiger partial charge on any atom is -0.310 e. The van der Waals surface area contributed by atoms with Crippen LogP contribution in [0.5, 0.6) is 0 Å². The Kier molecular flexibility index (Phi) is 7.05. The monoisotopic (exact) mass is 760 g/mol. The Balaban J connectivity index is 1.07. The smallest absolute Gasteiger partial charge is 0.0541 e. The standard InChI is InChI=1S/C58H36N2/c1-3-17-43(18-4-1)59(45-21-9-16-40(33-45)41-31-32-54-51(35-41)47-22-7-8-26-53(47)60(54)44-19-5-2-6-20-44)46-34-42-30-29-39-14-11-24-49-48-23-10-13-37-27-28-38-15-12-25-50(57(38)55(37)48)52(36-46)58(42)56(39)49/h1-36H. The van der Waals surface area contributed by atoms with Crippen LogP contribution in [0.15, 0.2) is 218 Å². The molecule has 0 saturated carbocycles. The van der Waals surface area contributed by atoms with Crippen LogP contribution in [0, 0.1) is 0 Å². The van der Waals surface area contributed by atoms with Crippen LogP contribution in [-0.4, -0.2) is 4.57 Å². The SMILES string of the molecule is c1ccc(N(c2cccc(-c3ccc4c(c3)c3ccccc3n4-c3ccccc3)c2)c2cc3ccc4cccc5c6cccc7ccc8cccc(c(c2)c3c45)c8c76)cc1. The van der Waals surface area contributed by atoms with Gasteiger partial charge in [-0.3, -0.25) is 0 Å². The number of fused-ring (bicyclic) bond motifs is 5. The number of anilines is 3. The second-order valence-electron chi connectivity index (χ2n) is 16.1. The zero-order valence-electron chi connectivity index (χ0n) is 32.7. The predicted molar refractivity (Wildman–Crippen MR) is 257 cm³/mol. The quantitative estimate of drug-likeness (QED) is 0.159. The van der Waals surface area contributed by atoms with Crippen molar-refractivity contribution in [3.05, 3.63) is 218 Å². The van der Waals surface area contributed by atoms with E-state index >= 15 is 0 Å². The highest BCUT2D eigenvalue weighted by atomic mass is 15.1. The molecule has 0 unspecified atom stereocenters. The van der Waals surface area contributed by atoms with Gasteiger partial charge in [-0.15, -0.1) is 0 Å². The molecule has 13 aromatic rings. The van der Waals surface area contributed by atoms with Crippen molar-refractivity contribution in [2.24, 2.45) is 0 Å². The Labute approximate surface area is 346 Å². The van der Waals surface area contributed by atoms with Crippen molar-refractivity contribution in [3.8, 4) is 16.8 Å². The fourth-order valence-electron chi connectivity index (χ4n) is 10.3. The van der Waals surface area contributed by atoms with Gasteiger partial charge in [0.1, 0.15) is 0 Å². The molecule has 1 heterocycles. The fourth-order valence-corrected chi connectivity index (χ4v) is 10.3. The molecule has 1 aromatic heterocycles. The number of hydrogen-bond acceptors (Lipinski definition) is 1. The van der Waals surface area contributed by atoms with Crippen LogP contribution in [-0.2, 0) is 0 Å². The van der Waals surface area contributed by atoms with Gasteiger partial charge in [0.15, 0.2) is 0 Å². The van der Waals surface area contributed by atoms with Gasteiger partial charge in [-0.25, -0.2) is 0 Å². The highest BCUT2D eigenvalue weighted by Gasteiger charge is 2.20. The van der Waals surface area contributed by atoms with Crippen molar-refractivity contribution in [2.75, 3.05) is 4.90 Å². The summed E-state index contributed by atoms with van der Waals surface area (Å²) in [7, 11) is 0. The summed E-state index contributed by atoms with van der Waals surface area (Å²) in [4.78, 5) is 2.43. The normalized spacial score (nSPS) is 12.0. The van der Waals surface area contributed by atoms with E-state index in [1.165, 1.54) is 103 Å². The molecule has 0 radical (unpaired) electrons. The van der Waals surface area contributed by atoms with Crippen molar-refractivity contribution in [1.82, 2.24) is 4.57 Å². The van der Waals surface area contributed by atoms with Gasteiger partial charge in [-0.2, -0.15) is 0 Å². The number of rotatable bonds is 5. The first kappa shape index (κ1) is 33.1. The maximum absolute atomic E-state index is 2.45.